The molecule has 0 aliphatic heterocycles. The number of fused-ring (bicyclic) bond motifs is 1. The van der Waals surface area contributed by atoms with Crippen LogP contribution in [0, 0.1) is 11.7 Å². The molecule has 5 heteroatoms. The van der Waals surface area contributed by atoms with Gasteiger partial charge in [-0.05, 0) is 64.9 Å². The Kier molecular flexibility index (Phi) is 3.37. The van der Waals surface area contributed by atoms with E-state index in [4.69, 9.17) is 12.2 Å². The van der Waals surface area contributed by atoms with Gasteiger partial charge in [0.1, 0.15) is 0 Å². The molecule has 0 aliphatic carbocycles. The minimum atomic E-state index is 0.697. The van der Waals surface area contributed by atoms with Crippen molar-refractivity contribution < 1.29 is 0 Å². The zero-order valence-electron chi connectivity index (χ0n) is 10.1. The number of aromatic nitrogens is 2. The molecule has 0 radical (unpaired) electrons. The number of H-pyrrole nitrogens is 1. The number of nitrogens with one attached hydrogen (secondary N) is 1. The molecule has 0 saturated carbocycles. The summed E-state index contributed by atoms with van der Waals surface area (Å²) in [7, 11) is 0. The molecule has 0 fully saturated rings. The lowest BCUT2D eigenvalue weighted by atomic mass is 10.2. The molecule has 3 rings (SSSR count). The highest BCUT2D eigenvalue weighted by Gasteiger charge is 2.10. The number of rotatable bonds is 1. The number of halogens is 2. The Morgan fingerprint density at radius 1 is 1.16 bits per heavy atom. The number of imidazole rings is 1. The van der Waals surface area contributed by atoms with Crippen LogP contribution >= 0.6 is 44.1 Å². The number of para-hydroxylation sites is 1. The Hall–Kier alpha value is -0.910. The van der Waals surface area contributed by atoms with Gasteiger partial charge in [0.2, 0.25) is 0 Å². The maximum atomic E-state index is 5.47. The van der Waals surface area contributed by atoms with Crippen LogP contribution in [-0.4, -0.2) is 9.55 Å². The molecule has 19 heavy (non-hydrogen) atoms. The molecular formula is C14H10Br2N2S. The van der Waals surface area contributed by atoms with E-state index in [1.54, 1.807) is 0 Å². The summed E-state index contributed by atoms with van der Waals surface area (Å²) in [5.41, 5.74) is 4.38. The number of nitrogens with zero attached hydrogens (tertiary/aromatic N) is 1. The molecule has 3 aromatic rings. The molecule has 96 valence electrons. The van der Waals surface area contributed by atoms with E-state index in [9.17, 15) is 0 Å². The lowest BCUT2D eigenvalue weighted by molar-refractivity contribution is 1.06. The fourth-order valence-electron chi connectivity index (χ4n) is 2.17. The molecule has 2 aromatic carbocycles. The van der Waals surface area contributed by atoms with Crippen molar-refractivity contribution in [1.29, 1.82) is 0 Å². The first kappa shape index (κ1) is 13.1. The van der Waals surface area contributed by atoms with E-state index in [1.165, 1.54) is 5.56 Å². The third kappa shape index (κ3) is 2.20. The van der Waals surface area contributed by atoms with E-state index in [1.807, 2.05) is 22.8 Å². The predicted octanol–water partition coefficient (Wildman–Crippen LogP) is 5.52. The fourth-order valence-corrected chi connectivity index (χ4v) is 3.24. The van der Waals surface area contributed by atoms with Crippen LogP contribution < -0.4 is 0 Å². The minimum Gasteiger partial charge on any atom is -0.330 e. The van der Waals surface area contributed by atoms with Crippen molar-refractivity contribution in [2.75, 3.05) is 0 Å². The molecule has 0 unspecified atom stereocenters. The van der Waals surface area contributed by atoms with Gasteiger partial charge in [-0.15, -0.1) is 0 Å². The Balaban J connectivity index is 2.43. The minimum absolute atomic E-state index is 0.697. The molecule has 1 N–H and O–H groups in total. The summed E-state index contributed by atoms with van der Waals surface area (Å²) in [6, 6.07) is 12.3. The smallest absolute Gasteiger partial charge is 0.182 e. The zero-order chi connectivity index (χ0) is 13.6. The summed E-state index contributed by atoms with van der Waals surface area (Å²) in [4.78, 5) is 3.28. The Morgan fingerprint density at radius 2 is 1.95 bits per heavy atom. The standard InChI is InChI=1S/C14H10Br2N2S/c1-8-3-2-4-11-13(8)17-14(19)18(11)12-7-9(15)5-6-10(12)16/h2-7H,1H3,(H,17,19). The second-order valence-electron chi connectivity index (χ2n) is 4.33. The maximum Gasteiger partial charge on any atom is 0.182 e. The zero-order valence-corrected chi connectivity index (χ0v) is 14.1. The average molecular weight is 398 g/mol. The average Bonchev–Trinajstić information content (AvgIpc) is 2.70. The van der Waals surface area contributed by atoms with Crippen LogP contribution in [0.4, 0.5) is 0 Å². The number of aromatic amines is 1. The summed E-state index contributed by atoms with van der Waals surface area (Å²) < 4.78 is 4.78. The third-order valence-electron chi connectivity index (χ3n) is 3.08. The molecule has 1 heterocycles. The van der Waals surface area contributed by atoms with Gasteiger partial charge in [0, 0.05) is 8.95 Å². The molecular weight excluding hydrogens is 388 g/mol. The second kappa shape index (κ2) is 4.89. The van der Waals surface area contributed by atoms with Gasteiger partial charge in [-0.25, -0.2) is 0 Å². The van der Waals surface area contributed by atoms with Crippen molar-refractivity contribution in [2.45, 2.75) is 6.92 Å². The monoisotopic (exact) mass is 396 g/mol. The summed E-state index contributed by atoms with van der Waals surface area (Å²) in [6.07, 6.45) is 0. The van der Waals surface area contributed by atoms with Crippen molar-refractivity contribution in [2.24, 2.45) is 0 Å². The summed E-state index contributed by atoms with van der Waals surface area (Å²) in [5, 5.41) is 0. The quantitative estimate of drug-likeness (QED) is 0.536. The van der Waals surface area contributed by atoms with E-state index < -0.39 is 0 Å². The van der Waals surface area contributed by atoms with Crippen LogP contribution in [0.15, 0.2) is 45.3 Å². The maximum absolute atomic E-state index is 5.47. The third-order valence-corrected chi connectivity index (χ3v) is 4.52. The van der Waals surface area contributed by atoms with Crippen molar-refractivity contribution in [3.63, 3.8) is 0 Å². The lowest BCUT2D eigenvalue weighted by Crippen LogP contribution is -1.95. The largest absolute Gasteiger partial charge is 0.330 e. The van der Waals surface area contributed by atoms with Gasteiger partial charge < -0.3 is 4.98 Å². The first-order chi connectivity index (χ1) is 9.08. The molecule has 0 spiro atoms. The van der Waals surface area contributed by atoms with E-state index in [-0.39, 0.29) is 0 Å². The van der Waals surface area contributed by atoms with Crippen LogP contribution in [0.25, 0.3) is 16.7 Å². The van der Waals surface area contributed by atoms with Crippen molar-refractivity contribution >= 4 is 55.1 Å². The summed E-state index contributed by atoms with van der Waals surface area (Å²) in [6.45, 7) is 2.08. The van der Waals surface area contributed by atoms with Crippen LogP contribution in [0.3, 0.4) is 0 Å². The van der Waals surface area contributed by atoms with E-state index >= 15 is 0 Å². The summed E-state index contributed by atoms with van der Waals surface area (Å²) in [5.74, 6) is 0. The molecule has 1 aromatic heterocycles. The van der Waals surface area contributed by atoms with E-state index in [0.717, 1.165) is 25.7 Å². The Bertz CT molecular complexity index is 833. The van der Waals surface area contributed by atoms with Gasteiger partial charge in [-0.2, -0.15) is 0 Å². The van der Waals surface area contributed by atoms with E-state index in [2.05, 4.69) is 62.0 Å². The Morgan fingerprint density at radius 3 is 2.74 bits per heavy atom. The van der Waals surface area contributed by atoms with E-state index in [0.29, 0.717) is 4.77 Å². The Labute approximate surface area is 132 Å². The summed E-state index contributed by atoms with van der Waals surface area (Å²) >= 11 is 12.6. The molecule has 0 aliphatic rings. The van der Waals surface area contributed by atoms with Gasteiger partial charge in [0.05, 0.1) is 16.7 Å². The van der Waals surface area contributed by atoms with Crippen molar-refractivity contribution in [3.05, 3.63) is 55.7 Å². The van der Waals surface area contributed by atoms with Gasteiger partial charge in [-0.1, -0.05) is 28.1 Å². The first-order valence-corrected chi connectivity index (χ1v) is 7.73. The SMILES string of the molecule is Cc1cccc2c1[nH]c(=S)n2-c1cc(Br)ccc1Br. The normalized spacial score (nSPS) is 11.1. The highest BCUT2D eigenvalue weighted by Crippen LogP contribution is 2.29. The van der Waals surface area contributed by atoms with Gasteiger partial charge in [-0.3, -0.25) is 4.57 Å². The van der Waals surface area contributed by atoms with Crippen LogP contribution in [-0.2, 0) is 0 Å². The highest BCUT2D eigenvalue weighted by molar-refractivity contribution is 9.11. The second-order valence-corrected chi connectivity index (χ2v) is 6.49. The van der Waals surface area contributed by atoms with Crippen LogP contribution in [0.5, 0.6) is 0 Å². The van der Waals surface area contributed by atoms with Crippen LogP contribution in [0.2, 0.25) is 0 Å². The topological polar surface area (TPSA) is 20.7 Å². The molecule has 0 bridgehead atoms. The molecule has 0 atom stereocenters. The fraction of sp³-hybridized carbons (Fsp3) is 0.0714. The molecule has 2 nitrogen and oxygen atoms in total. The number of benzene rings is 2. The lowest BCUT2D eigenvalue weighted by Gasteiger charge is -2.08. The van der Waals surface area contributed by atoms with Crippen molar-refractivity contribution in [1.82, 2.24) is 9.55 Å². The number of aryl methyl sites for hydroxylation is 1. The number of hydrogen-bond acceptors (Lipinski definition) is 1. The first-order valence-electron chi connectivity index (χ1n) is 5.73. The van der Waals surface area contributed by atoms with Gasteiger partial charge in [0.15, 0.2) is 4.77 Å². The molecule has 0 saturated heterocycles. The van der Waals surface area contributed by atoms with Crippen LogP contribution in [0.1, 0.15) is 5.56 Å². The van der Waals surface area contributed by atoms with Gasteiger partial charge >= 0.3 is 0 Å². The predicted molar refractivity (Wildman–Crippen MR) is 88.6 cm³/mol. The van der Waals surface area contributed by atoms with Crippen molar-refractivity contribution in [3.8, 4) is 5.69 Å². The molecule has 0 amide bonds. The highest BCUT2D eigenvalue weighted by atomic mass is 79.9. The van der Waals surface area contributed by atoms with Gasteiger partial charge in [0.25, 0.3) is 0 Å². The number of hydrogen-bond donors (Lipinski definition) is 1.